The molecular formula is C23H19Cl2F3N2O4S. The Balaban J connectivity index is 2.02. The number of ether oxygens (including phenoxy) is 1. The van der Waals surface area contributed by atoms with E-state index in [4.69, 9.17) is 27.9 Å². The summed E-state index contributed by atoms with van der Waals surface area (Å²) < 4.78 is 73.0. The molecule has 6 nitrogen and oxygen atoms in total. The third kappa shape index (κ3) is 6.19. The van der Waals surface area contributed by atoms with Gasteiger partial charge in [0.25, 0.3) is 10.0 Å². The number of nitrogens with one attached hydrogen (secondary N) is 1. The first kappa shape index (κ1) is 26.7. The maximum absolute atomic E-state index is 13.4. The molecule has 12 heteroatoms. The Kier molecular flexibility index (Phi) is 7.88. The molecule has 186 valence electrons. The van der Waals surface area contributed by atoms with Gasteiger partial charge in [-0.25, -0.2) is 8.42 Å². The van der Waals surface area contributed by atoms with Crippen LogP contribution in [0, 0.1) is 6.92 Å². The standard InChI is InChI=1S/C23H19Cl2F3N2O4S/c1-14-3-7-17(8-4-14)35(32,33)30(16-6-10-21(34-2)19(25)12-16)13-22(31)29-20-9-5-15(24)11-18(20)23(26,27)28/h3-12H,13H2,1-2H3,(H,29,31). The quantitative estimate of drug-likeness (QED) is 0.385. The van der Waals surface area contributed by atoms with Crippen molar-refractivity contribution in [1.82, 2.24) is 0 Å². The zero-order chi connectivity index (χ0) is 26.0. The van der Waals surface area contributed by atoms with Crippen LogP contribution in [0.25, 0.3) is 0 Å². The van der Waals surface area contributed by atoms with Crippen molar-refractivity contribution >= 4 is 50.5 Å². The van der Waals surface area contributed by atoms with E-state index in [0.29, 0.717) is 6.07 Å². The third-order valence-electron chi connectivity index (χ3n) is 4.88. The van der Waals surface area contributed by atoms with Crippen molar-refractivity contribution in [3.8, 4) is 5.75 Å². The van der Waals surface area contributed by atoms with Gasteiger partial charge in [-0.05, 0) is 55.5 Å². The van der Waals surface area contributed by atoms with Crippen molar-refractivity contribution in [1.29, 1.82) is 0 Å². The van der Waals surface area contributed by atoms with Gasteiger partial charge in [-0.3, -0.25) is 9.10 Å². The van der Waals surface area contributed by atoms with Gasteiger partial charge in [0.05, 0.1) is 34.0 Å². The Morgan fingerprint density at radius 2 is 1.69 bits per heavy atom. The molecule has 0 bridgehead atoms. The number of alkyl halides is 3. The van der Waals surface area contributed by atoms with Crippen LogP contribution < -0.4 is 14.4 Å². The van der Waals surface area contributed by atoms with Gasteiger partial charge in [-0.2, -0.15) is 13.2 Å². The fourth-order valence-corrected chi connectivity index (χ4v) is 4.98. The molecule has 0 aliphatic heterocycles. The predicted octanol–water partition coefficient (Wildman–Crippen LogP) is 6.16. The molecule has 0 heterocycles. The summed E-state index contributed by atoms with van der Waals surface area (Å²) in [5.41, 5.74) is -0.909. The SMILES string of the molecule is COc1ccc(N(CC(=O)Nc2ccc(Cl)cc2C(F)(F)F)S(=O)(=O)c2ccc(C)cc2)cc1Cl. The zero-order valence-corrected chi connectivity index (χ0v) is 20.7. The summed E-state index contributed by atoms with van der Waals surface area (Å²) in [4.78, 5) is 12.7. The molecule has 0 aromatic heterocycles. The molecule has 0 saturated heterocycles. The van der Waals surface area contributed by atoms with Crippen molar-refractivity contribution in [2.75, 3.05) is 23.3 Å². The second-order valence-corrected chi connectivity index (χ2v) is 10.1. The number of halogens is 5. The zero-order valence-electron chi connectivity index (χ0n) is 18.4. The van der Waals surface area contributed by atoms with Crippen LogP contribution >= 0.6 is 23.2 Å². The Labute approximate surface area is 210 Å². The van der Waals surface area contributed by atoms with Gasteiger partial charge in [0, 0.05) is 5.02 Å². The van der Waals surface area contributed by atoms with Gasteiger partial charge in [0.2, 0.25) is 5.91 Å². The van der Waals surface area contributed by atoms with E-state index in [0.717, 1.165) is 15.9 Å². The summed E-state index contributed by atoms with van der Waals surface area (Å²) in [5, 5.41) is 2.03. The highest BCUT2D eigenvalue weighted by Crippen LogP contribution is 2.37. The topological polar surface area (TPSA) is 75.7 Å². The summed E-state index contributed by atoms with van der Waals surface area (Å²) in [6.45, 7) is 0.938. The summed E-state index contributed by atoms with van der Waals surface area (Å²) in [7, 11) is -2.94. The van der Waals surface area contributed by atoms with E-state index in [1.165, 1.54) is 43.5 Å². The van der Waals surface area contributed by atoms with E-state index in [1.54, 1.807) is 19.1 Å². The van der Waals surface area contributed by atoms with Gasteiger partial charge < -0.3 is 10.1 Å². The lowest BCUT2D eigenvalue weighted by Gasteiger charge is -2.25. The number of carbonyl (C=O) groups excluding carboxylic acids is 1. The first-order chi connectivity index (χ1) is 16.3. The number of nitrogens with zero attached hydrogens (tertiary/aromatic N) is 1. The number of benzene rings is 3. The average Bonchev–Trinajstić information content (AvgIpc) is 2.78. The molecular weight excluding hydrogens is 528 g/mol. The summed E-state index contributed by atoms with van der Waals surface area (Å²) >= 11 is 11.8. The minimum atomic E-state index is -4.80. The monoisotopic (exact) mass is 546 g/mol. The number of anilines is 2. The van der Waals surface area contributed by atoms with Crippen LogP contribution in [-0.4, -0.2) is 28.0 Å². The number of hydrogen-bond donors (Lipinski definition) is 1. The van der Waals surface area contributed by atoms with Gasteiger partial charge in [0.1, 0.15) is 12.3 Å². The number of hydrogen-bond acceptors (Lipinski definition) is 4. The summed E-state index contributed by atoms with van der Waals surface area (Å²) in [6, 6.07) is 12.8. The first-order valence-electron chi connectivity index (χ1n) is 9.92. The highest BCUT2D eigenvalue weighted by atomic mass is 35.5. The lowest BCUT2D eigenvalue weighted by molar-refractivity contribution is -0.137. The Hall–Kier alpha value is -2.95. The molecule has 3 rings (SSSR count). The molecule has 3 aromatic carbocycles. The number of carbonyl (C=O) groups is 1. The van der Waals surface area contributed by atoms with Crippen LogP contribution in [0.4, 0.5) is 24.5 Å². The van der Waals surface area contributed by atoms with Gasteiger partial charge >= 0.3 is 6.18 Å². The van der Waals surface area contributed by atoms with E-state index < -0.39 is 39.9 Å². The molecule has 0 aliphatic carbocycles. The molecule has 0 radical (unpaired) electrons. The minimum absolute atomic E-state index is 0.0127. The predicted molar refractivity (Wildman–Crippen MR) is 129 cm³/mol. The van der Waals surface area contributed by atoms with Crippen molar-refractivity contribution in [3.05, 3.63) is 81.8 Å². The lowest BCUT2D eigenvalue weighted by Crippen LogP contribution is -2.38. The number of sulfonamides is 1. The van der Waals surface area contributed by atoms with Crippen LogP contribution in [0.1, 0.15) is 11.1 Å². The first-order valence-corrected chi connectivity index (χ1v) is 12.1. The van der Waals surface area contributed by atoms with Gasteiger partial charge in [-0.15, -0.1) is 0 Å². The lowest BCUT2D eigenvalue weighted by atomic mass is 10.1. The van der Waals surface area contributed by atoms with Crippen molar-refractivity contribution in [3.63, 3.8) is 0 Å². The normalized spacial score (nSPS) is 11.7. The minimum Gasteiger partial charge on any atom is -0.495 e. The third-order valence-corrected chi connectivity index (χ3v) is 7.20. The van der Waals surface area contributed by atoms with Crippen LogP contribution in [-0.2, 0) is 21.0 Å². The Bertz CT molecular complexity index is 1350. The molecule has 0 saturated carbocycles. The van der Waals surface area contributed by atoms with E-state index in [-0.39, 0.29) is 26.4 Å². The Morgan fingerprint density at radius 1 is 1.03 bits per heavy atom. The Morgan fingerprint density at radius 3 is 2.26 bits per heavy atom. The largest absolute Gasteiger partial charge is 0.495 e. The molecule has 0 spiro atoms. The van der Waals surface area contributed by atoms with Crippen LogP contribution in [0.3, 0.4) is 0 Å². The number of aryl methyl sites for hydroxylation is 1. The number of methoxy groups -OCH3 is 1. The molecule has 0 fully saturated rings. The molecule has 0 atom stereocenters. The van der Waals surface area contributed by atoms with Gasteiger partial charge in [0.15, 0.2) is 0 Å². The van der Waals surface area contributed by atoms with Crippen molar-refractivity contribution in [2.45, 2.75) is 18.0 Å². The van der Waals surface area contributed by atoms with E-state index >= 15 is 0 Å². The summed E-state index contributed by atoms with van der Waals surface area (Å²) in [6.07, 6.45) is -4.80. The molecule has 1 N–H and O–H groups in total. The van der Waals surface area contributed by atoms with Crippen molar-refractivity contribution < 1.29 is 31.1 Å². The smallest absolute Gasteiger partial charge is 0.418 e. The fraction of sp³-hybridized carbons (Fsp3) is 0.174. The highest BCUT2D eigenvalue weighted by Gasteiger charge is 2.35. The summed E-state index contributed by atoms with van der Waals surface area (Å²) in [5.74, 6) is -0.746. The van der Waals surface area contributed by atoms with Gasteiger partial charge in [-0.1, -0.05) is 40.9 Å². The van der Waals surface area contributed by atoms with E-state index in [9.17, 15) is 26.4 Å². The van der Waals surface area contributed by atoms with E-state index in [2.05, 4.69) is 5.32 Å². The van der Waals surface area contributed by atoms with Crippen molar-refractivity contribution in [2.24, 2.45) is 0 Å². The molecule has 3 aromatic rings. The van der Waals surface area contributed by atoms with Crippen LogP contribution in [0.5, 0.6) is 5.75 Å². The molecule has 1 amide bonds. The average molecular weight is 547 g/mol. The second kappa shape index (κ2) is 10.3. The molecule has 0 aliphatic rings. The molecule has 0 unspecified atom stereocenters. The van der Waals surface area contributed by atoms with Crippen LogP contribution in [0.2, 0.25) is 10.0 Å². The van der Waals surface area contributed by atoms with Crippen LogP contribution in [0.15, 0.2) is 65.6 Å². The fourth-order valence-electron chi connectivity index (χ4n) is 3.14. The maximum atomic E-state index is 13.4. The second-order valence-electron chi connectivity index (χ2n) is 7.38. The molecule has 35 heavy (non-hydrogen) atoms. The maximum Gasteiger partial charge on any atom is 0.418 e. The highest BCUT2D eigenvalue weighted by molar-refractivity contribution is 7.92. The number of rotatable bonds is 7. The van der Waals surface area contributed by atoms with E-state index in [1.807, 2.05) is 0 Å². The number of amides is 1.